The van der Waals surface area contributed by atoms with Crippen LogP contribution in [0.25, 0.3) is 10.1 Å². The number of hydrogen-bond acceptors (Lipinski definition) is 3. The maximum absolute atomic E-state index is 12.2. The van der Waals surface area contributed by atoms with Gasteiger partial charge in [-0.1, -0.05) is 32.0 Å². The molecule has 0 atom stereocenters. The summed E-state index contributed by atoms with van der Waals surface area (Å²) in [6.45, 7) is 6.54. The fourth-order valence-electron chi connectivity index (χ4n) is 1.93. The van der Waals surface area contributed by atoms with E-state index < -0.39 is 0 Å². The van der Waals surface area contributed by atoms with Crippen molar-refractivity contribution in [3.8, 4) is 0 Å². The number of benzene rings is 1. The largest absolute Gasteiger partial charge is 0.296 e. The van der Waals surface area contributed by atoms with Crippen LogP contribution in [0.4, 0.5) is 0 Å². The number of thiophene rings is 1. The maximum atomic E-state index is 12.2. The Labute approximate surface area is 118 Å². The van der Waals surface area contributed by atoms with Crippen molar-refractivity contribution >= 4 is 39.6 Å². The normalized spacial score (nSPS) is 10.6. The summed E-state index contributed by atoms with van der Waals surface area (Å²) < 4.78 is 1.19. The zero-order chi connectivity index (χ0) is 12.3. The van der Waals surface area contributed by atoms with Crippen molar-refractivity contribution in [3.05, 3.63) is 35.2 Å². The van der Waals surface area contributed by atoms with Gasteiger partial charge < -0.3 is 0 Å². The van der Waals surface area contributed by atoms with E-state index in [4.69, 9.17) is 0 Å². The van der Waals surface area contributed by atoms with Crippen LogP contribution in [0.15, 0.2) is 29.6 Å². The van der Waals surface area contributed by atoms with Gasteiger partial charge in [0.2, 0.25) is 0 Å². The maximum Gasteiger partial charge on any atom is 0.178 e. The number of fused-ring (bicyclic) bond motifs is 1. The SMILES string of the molecule is CCN(CC)CC(=O)c1csc2ccccc12.Cl. The molecule has 2 nitrogen and oxygen atoms in total. The van der Waals surface area contributed by atoms with Gasteiger partial charge in [0.15, 0.2) is 5.78 Å². The topological polar surface area (TPSA) is 20.3 Å². The van der Waals surface area contributed by atoms with Crippen molar-refractivity contribution < 1.29 is 4.79 Å². The number of hydrogen-bond donors (Lipinski definition) is 0. The van der Waals surface area contributed by atoms with Crippen molar-refractivity contribution in [3.63, 3.8) is 0 Å². The molecule has 0 amide bonds. The minimum absolute atomic E-state index is 0. The molecule has 2 aromatic rings. The van der Waals surface area contributed by atoms with Crippen LogP contribution in [0.3, 0.4) is 0 Å². The van der Waals surface area contributed by atoms with Crippen molar-refractivity contribution in [1.82, 2.24) is 4.90 Å². The van der Waals surface area contributed by atoms with Gasteiger partial charge in [0, 0.05) is 21.0 Å². The van der Waals surface area contributed by atoms with E-state index in [1.165, 1.54) is 4.70 Å². The third-order valence-corrected chi connectivity index (χ3v) is 4.01. The van der Waals surface area contributed by atoms with Crippen LogP contribution in [0.5, 0.6) is 0 Å². The Hall–Kier alpha value is -0.900. The molecule has 0 saturated heterocycles. The third-order valence-electron chi connectivity index (χ3n) is 3.04. The Bertz CT molecular complexity index is 519. The van der Waals surface area contributed by atoms with Gasteiger partial charge in [-0.15, -0.1) is 23.7 Å². The van der Waals surface area contributed by atoms with E-state index in [0.717, 1.165) is 24.0 Å². The van der Waals surface area contributed by atoms with E-state index in [9.17, 15) is 4.79 Å². The van der Waals surface area contributed by atoms with E-state index in [1.54, 1.807) is 11.3 Å². The molecule has 1 aromatic carbocycles. The Morgan fingerprint density at radius 2 is 1.89 bits per heavy atom. The molecule has 4 heteroatoms. The summed E-state index contributed by atoms with van der Waals surface area (Å²) >= 11 is 1.65. The van der Waals surface area contributed by atoms with Crippen molar-refractivity contribution in [1.29, 1.82) is 0 Å². The lowest BCUT2D eigenvalue weighted by atomic mass is 10.1. The van der Waals surface area contributed by atoms with Gasteiger partial charge >= 0.3 is 0 Å². The lowest BCUT2D eigenvalue weighted by Gasteiger charge is -2.16. The molecular formula is C14H18ClNOS. The second kappa shape index (κ2) is 6.88. The first-order valence-electron chi connectivity index (χ1n) is 5.98. The van der Waals surface area contributed by atoms with Crippen molar-refractivity contribution in [2.24, 2.45) is 0 Å². The molecule has 18 heavy (non-hydrogen) atoms. The molecule has 0 aliphatic rings. The molecule has 0 unspecified atom stereocenters. The van der Waals surface area contributed by atoms with Gasteiger partial charge in [-0.05, 0) is 19.2 Å². The first-order chi connectivity index (χ1) is 8.26. The Morgan fingerprint density at radius 3 is 2.56 bits per heavy atom. The standard InChI is InChI=1S/C14H17NOS.ClH/c1-3-15(4-2)9-13(16)12-10-17-14-8-6-5-7-11(12)14;/h5-8,10H,3-4,9H2,1-2H3;1H. The van der Waals surface area contributed by atoms with E-state index in [-0.39, 0.29) is 18.2 Å². The van der Waals surface area contributed by atoms with E-state index in [0.29, 0.717) is 6.54 Å². The van der Waals surface area contributed by atoms with E-state index >= 15 is 0 Å². The van der Waals surface area contributed by atoms with E-state index in [2.05, 4.69) is 24.8 Å². The summed E-state index contributed by atoms with van der Waals surface area (Å²) in [5, 5.41) is 3.07. The summed E-state index contributed by atoms with van der Waals surface area (Å²) in [6, 6.07) is 8.09. The number of rotatable bonds is 5. The lowest BCUT2D eigenvalue weighted by Crippen LogP contribution is -2.29. The smallest absolute Gasteiger partial charge is 0.178 e. The Morgan fingerprint density at radius 1 is 1.22 bits per heavy atom. The highest BCUT2D eigenvalue weighted by atomic mass is 35.5. The van der Waals surface area contributed by atoms with Crippen LogP contribution in [0.1, 0.15) is 24.2 Å². The fourth-order valence-corrected chi connectivity index (χ4v) is 2.89. The van der Waals surface area contributed by atoms with Gasteiger partial charge in [0.1, 0.15) is 0 Å². The summed E-state index contributed by atoms with van der Waals surface area (Å²) in [6.07, 6.45) is 0. The molecule has 1 heterocycles. The summed E-state index contributed by atoms with van der Waals surface area (Å²) in [5.74, 6) is 0.228. The van der Waals surface area contributed by atoms with E-state index in [1.807, 2.05) is 23.6 Å². The quantitative estimate of drug-likeness (QED) is 0.777. The van der Waals surface area contributed by atoms with Crippen LogP contribution >= 0.6 is 23.7 Å². The molecule has 1 aromatic heterocycles. The molecule has 98 valence electrons. The molecule has 0 fully saturated rings. The molecular weight excluding hydrogens is 266 g/mol. The molecule has 0 bridgehead atoms. The van der Waals surface area contributed by atoms with Gasteiger partial charge in [-0.3, -0.25) is 9.69 Å². The second-order valence-electron chi connectivity index (χ2n) is 4.03. The number of carbonyl (C=O) groups is 1. The Balaban J connectivity index is 0.00000162. The average Bonchev–Trinajstić information content (AvgIpc) is 2.79. The molecule has 0 saturated carbocycles. The second-order valence-corrected chi connectivity index (χ2v) is 4.94. The summed E-state index contributed by atoms with van der Waals surface area (Å²) in [7, 11) is 0. The van der Waals surface area contributed by atoms with Crippen LogP contribution in [0, 0.1) is 0 Å². The highest BCUT2D eigenvalue weighted by Crippen LogP contribution is 2.25. The van der Waals surface area contributed by atoms with Crippen LogP contribution in [0.2, 0.25) is 0 Å². The predicted molar refractivity (Wildman–Crippen MR) is 81.2 cm³/mol. The first-order valence-corrected chi connectivity index (χ1v) is 6.86. The summed E-state index contributed by atoms with van der Waals surface area (Å²) in [5.41, 5.74) is 0.873. The monoisotopic (exact) mass is 283 g/mol. The Kier molecular flexibility index (Phi) is 5.79. The van der Waals surface area contributed by atoms with Gasteiger partial charge in [-0.25, -0.2) is 0 Å². The van der Waals surface area contributed by atoms with Gasteiger partial charge in [0.25, 0.3) is 0 Å². The highest BCUT2D eigenvalue weighted by Gasteiger charge is 2.14. The van der Waals surface area contributed by atoms with Crippen LogP contribution < -0.4 is 0 Å². The lowest BCUT2D eigenvalue weighted by molar-refractivity contribution is 0.0939. The predicted octanol–water partition coefficient (Wildman–Crippen LogP) is 3.85. The average molecular weight is 284 g/mol. The van der Waals surface area contributed by atoms with Crippen molar-refractivity contribution in [2.75, 3.05) is 19.6 Å². The van der Waals surface area contributed by atoms with Crippen molar-refractivity contribution in [2.45, 2.75) is 13.8 Å². The van der Waals surface area contributed by atoms with Crippen LogP contribution in [-0.2, 0) is 0 Å². The molecule has 0 spiro atoms. The number of carbonyl (C=O) groups excluding carboxylic acids is 1. The molecule has 0 radical (unpaired) electrons. The minimum atomic E-state index is 0. The number of likely N-dealkylation sites (N-methyl/N-ethyl adjacent to an activating group) is 1. The molecule has 0 aliphatic heterocycles. The van der Waals surface area contributed by atoms with Gasteiger partial charge in [-0.2, -0.15) is 0 Å². The third kappa shape index (κ3) is 3.10. The number of ketones is 1. The number of halogens is 1. The highest BCUT2D eigenvalue weighted by molar-refractivity contribution is 7.17. The molecule has 2 rings (SSSR count). The minimum Gasteiger partial charge on any atom is -0.296 e. The fraction of sp³-hybridized carbons (Fsp3) is 0.357. The zero-order valence-electron chi connectivity index (χ0n) is 10.7. The molecule has 0 N–H and O–H groups in total. The number of Topliss-reactive ketones (excluding diaryl/α,β-unsaturated/α-hetero) is 1. The van der Waals surface area contributed by atoms with Crippen LogP contribution in [-0.4, -0.2) is 30.3 Å². The van der Waals surface area contributed by atoms with Gasteiger partial charge in [0.05, 0.1) is 6.54 Å². The molecule has 0 aliphatic carbocycles. The zero-order valence-corrected chi connectivity index (χ0v) is 12.3. The summed E-state index contributed by atoms with van der Waals surface area (Å²) in [4.78, 5) is 14.4. The first kappa shape index (κ1) is 15.2. The number of nitrogens with zero attached hydrogens (tertiary/aromatic N) is 1.